The first kappa shape index (κ1) is 93.8. The van der Waals surface area contributed by atoms with E-state index >= 15 is 0 Å². The predicted octanol–water partition coefficient (Wildman–Crippen LogP) is 19.6. The van der Waals surface area contributed by atoms with Gasteiger partial charge in [0.05, 0.1) is 44.5 Å². The maximum absolute atomic E-state index is 11.5. The Labute approximate surface area is 637 Å². The third-order valence-electron chi connectivity index (χ3n) is 18.6. The van der Waals surface area contributed by atoms with Crippen LogP contribution in [0.5, 0.6) is 28.7 Å². The zero-order chi connectivity index (χ0) is 76.2. The summed E-state index contributed by atoms with van der Waals surface area (Å²) in [6, 6.07) is 21.1. The Morgan fingerprint density at radius 3 is 1.08 bits per heavy atom. The molecule has 3 aliphatic rings. The fourth-order valence-corrected chi connectivity index (χ4v) is 12.6. The molecule has 5 N–H and O–H groups in total. The van der Waals surface area contributed by atoms with E-state index < -0.39 is 23.8 Å². The van der Waals surface area contributed by atoms with Gasteiger partial charge in [0, 0.05) is 60.4 Å². The predicted molar refractivity (Wildman–Crippen MR) is 425 cm³/mol. The number of ether oxygens (including phenoxy) is 5. The van der Waals surface area contributed by atoms with Crippen molar-refractivity contribution in [3.63, 3.8) is 0 Å². The van der Waals surface area contributed by atoms with Crippen LogP contribution in [0.1, 0.15) is 198 Å². The fraction of sp³-hybridized carbons (Fsp3) is 0.545. The Morgan fingerprint density at radius 1 is 0.436 bits per heavy atom. The van der Waals surface area contributed by atoms with Gasteiger partial charge in [-0.25, -0.2) is 0 Å². The van der Waals surface area contributed by atoms with Crippen LogP contribution in [0.3, 0.4) is 0 Å². The van der Waals surface area contributed by atoms with Crippen molar-refractivity contribution in [1.82, 2.24) is 0 Å². The number of phenolic OH excluding ortho intramolecular Hbond substituents is 3. The van der Waals surface area contributed by atoms with Crippen LogP contribution >= 0.6 is 60.1 Å². The van der Waals surface area contributed by atoms with E-state index in [1.807, 2.05) is 39.0 Å². The number of benzene rings is 5. The zero-order valence-electron chi connectivity index (χ0n) is 62.6. The van der Waals surface area contributed by atoms with Gasteiger partial charge in [-0.1, -0.05) is 80.0 Å². The first-order valence-electron chi connectivity index (χ1n) is 33.9. The number of halogens is 4. The van der Waals surface area contributed by atoms with Crippen LogP contribution in [0.4, 0.5) is 0 Å². The highest BCUT2D eigenvalue weighted by atomic mass is 80.9. The van der Waals surface area contributed by atoms with Crippen LogP contribution in [0.15, 0.2) is 75.7 Å². The quantitative estimate of drug-likeness (QED) is 0.0245. The minimum atomic E-state index is -1.86. The molecule has 24 heteroatoms. The average molecular weight is 1700 g/mol. The van der Waals surface area contributed by atoms with Crippen LogP contribution in [-0.2, 0) is 79.8 Å². The number of aromatic hydroxyl groups is 3. The highest BCUT2D eigenvalue weighted by molar-refractivity contribution is 9.93. The molecule has 0 aromatic heterocycles. The number of hydrogen-bond acceptors (Lipinski definition) is 17. The number of carbonyl (C=O) groups excluding carboxylic acids is 5. The summed E-state index contributed by atoms with van der Waals surface area (Å²) in [5.41, 5.74) is 13.3. The van der Waals surface area contributed by atoms with Crippen LogP contribution in [0, 0.1) is 34.6 Å². The number of aryl methyl sites for hydroxylation is 10. The van der Waals surface area contributed by atoms with Crippen molar-refractivity contribution >= 4 is 114 Å². The molecule has 564 valence electrons. The smallest absolute Gasteiger partial charge is 0.454 e. The van der Waals surface area contributed by atoms with Gasteiger partial charge in [-0.05, 0) is 293 Å². The second kappa shape index (κ2) is 44.6. The first-order chi connectivity index (χ1) is 46.6. The lowest BCUT2D eigenvalue weighted by atomic mass is 9.84. The van der Waals surface area contributed by atoms with Crippen molar-refractivity contribution in [2.45, 2.75) is 240 Å². The van der Waals surface area contributed by atoms with Crippen molar-refractivity contribution in [3.8, 4) is 28.7 Å². The molecule has 8 rings (SSSR count). The molecule has 5 aromatic rings. The largest absolute Gasteiger partial charge is 0.543 e. The van der Waals surface area contributed by atoms with Gasteiger partial charge in [-0.15, -0.1) is 0 Å². The van der Waals surface area contributed by atoms with E-state index in [1.165, 1.54) is 65.1 Å². The normalized spacial score (nSPS) is 12.9. The van der Waals surface area contributed by atoms with Crippen molar-refractivity contribution in [2.24, 2.45) is 0 Å². The lowest BCUT2D eigenvalue weighted by Crippen LogP contribution is -2.44. The standard InChI is InChI=1S/C20H32O3Si.C17H27BrO3Si.C14H18O3.C11H13BrO3.C11H14O3.C3H7BO2.CH4.Br2/c1-14-12-18(23-24(6,7)20(2,3)4)17(15-8-9-15)13-16(14)10-11-19(21)22-5;1-12-10-15(21-22(6,7)17(2,3)4)14(18)11-13(12)8-9-16(19)20-5;1-9-7-13(15)12(10-3-4-10)8-11(9)5-6-14(16)17-2;1-7-5-10(13)9(12)6-8(7)3-4-11(14)15-2;1-8-7-10(12)5-3-9(8)4-6-11(13)14-2;5-4(6)3-1-2-3;;1-2/h12-13,15H,8-11H2,1-7H3;10-11H,8-9H2,1-7H3;7-8,10,15H,3-6H2,1-2H3;5-6,13H,3-4H2,1-2H3;3,5,7,12H,4,6H2,1-2H3;3,5-6H,1-2H2;1H4;. The van der Waals surface area contributed by atoms with Gasteiger partial charge in [0.25, 0.3) is 8.32 Å². The molecule has 3 aliphatic carbocycles. The summed E-state index contributed by atoms with van der Waals surface area (Å²) in [5.74, 6) is 3.24. The summed E-state index contributed by atoms with van der Waals surface area (Å²) in [6.07, 6.45) is 12.1. The molecular formula is C77H115BBr4O17Si2. The van der Waals surface area contributed by atoms with Crippen LogP contribution < -0.4 is 8.85 Å². The minimum absolute atomic E-state index is 0. The Balaban J connectivity index is 0.000000619. The van der Waals surface area contributed by atoms with Gasteiger partial charge in [0.15, 0.2) is 0 Å². The summed E-state index contributed by atoms with van der Waals surface area (Å²) >= 11 is 12.3. The monoisotopic (exact) mass is 1690 g/mol. The highest BCUT2D eigenvalue weighted by Crippen LogP contribution is 2.48. The van der Waals surface area contributed by atoms with E-state index in [4.69, 9.17) is 33.5 Å². The first-order valence-corrected chi connectivity index (χ1v) is 45.0. The summed E-state index contributed by atoms with van der Waals surface area (Å²) in [6.45, 7) is 32.5. The molecule has 0 amide bonds. The maximum atomic E-state index is 11.5. The fourth-order valence-electron chi connectivity index (χ4n) is 9.49. The van der Waals surface area contributed by atoms with Crippen LogP contribution in [-0.4, -0.2) is 115 Å². The summed E-state index contributed by atoms with van der Waals surface area (Å²) in [4.78, 5) is 55.7. The third kappa shape index (κ3) is 33.6. The molecule has 5 aromatic carbocycles. The Morgan fingerprint density at radius 2 is 0.743 bits per heavy atom. The Hall–Kier alpha value is -5.21. The van der Waals surface area contributed by atoms with E-state index in [1.54, 1.807) is 24.3 Å². The molecule has 101 heavy (non-hydrogen) atoms. The topological polar surface area (TPSA) is 251 Å². The molecule has 0 heterocycles. The third-order valence-corrected chi connectivity index (χ3v) is 28.6. The zero-order valence-corrected chi connectivity index (χ0v) is 71.0. The number of rotatable bonds is 22. The molecule has 17 nitrogen and oxygen atoms in total. The van der Waals surface area contributed by atoms with Crippen LogP contribution in [0.25, 0.3) is 0 Å². The Kier molecular flexibility index (Phi) is 41.4. The summed E-state index contributed by atoms with van der Waals surface area (Å²) in [5, 5.41) is 45.3. The van der Waals surface area contributed by atoms with Gasteiger partial charge in [0.1, 0.15) is 28.7 Å². The molecule has 0 aliphatic heterocycles. The van der Waals surface area contributed by atoms with Gasteiger partial charge >= 0.3 is 37.0 Å². The number of carbonyl (C=O) groups is 5. The van der Waals surface area contributed by atoms with Crippen molar-refractivity contribution in [3.05, 3.63) is 142 Å². The highest BCUT2D eigenvalue weighted by Gasteiger charge is 2.41. The molecule has 3 fully saturated rings. The summed E-state index contributed by atoms with van der Waals surface area (Å²) < 4.78 is 37.8. The molecule has 0 atom stereocenters. The molecule has 3 saturated carbocycles. The van der Waals surface area contributed by atoms with Gasteiger partial charge in [0.2, 0.25) is 8.32 Å². The van der Waals surface area contributed by atoms with E-state index in [-0.39, 0.29) is 64.7 Å². The number of methoxy groups -OCH3 is 5. The van der Waals surface area contributed by atoms with E-state index in [0.29, 0.717) is 79.8 Å². The molecule has 0 unspecified atom stereocenters. The molecular weight excluding hydrogens is 1580 g/mol. The van der Waals surface area contributed by atoms with E-state index in [0.717, 1.165) is 98.1 Å². The van der Waals surface area contributed by atoms with Gasteiger partial charge < -0.3 is 57.9 Å². The van der Waals surface area contributed by atoms with Crippen molar-refractivity contribution < 1.29 is 81.9 Å². The summed E-state index contributed by atoms with van der Waals surface area (Å²) in [7, 11) is 2.27. The molecule has 0 saturated heterocycles. The number of esters is 5. The van der Waals surface area contributed by atoms with E-state index in [2.05, 4.69) is 180 Å². The Bertz CT molecular complexity index is 3460. The maximum Gasteiger partial charge on any atom is 0.454 e. The van der Waals surface area contributed by atoms with Crippen molar-refractivity contribution in [1.29, 1.82) is 0 Å². The molecule has 0 spiro atoms. The van der Waals surface area contributed by atoms with Gasteiger partial charge in [-0.3, -0.25) is 24.0 Å². The van der Waals surface area contributed by atoms with E-state index in [9.17, 15) is 34.2 Å². The van der Waals surface area contributed by atoms with Gasteiger partial charge in [-0.2, -0.15) is 0 Å². The molecule has 0 bridgehead atoms. The SMILES string of the molecule is BrBr.C.COC(=O)CCc1cc(Br)c(O)cc1C.COC(=O)CCc1cc(Br)c(O[Si](C)(C)C(C)(C)C)cc1C.COC(=O)CCc1cc(C2CC2)c(O)cc1C.COC(=O)CCc1cc(C2CC2)c(O[Si](C)(C)C(C)(C)C)cc1C.COC(=O)CCc1ccc(O)cc1C.OB(O)C1CC1. The average Bonchev–Trinajstić information content (AvgIpc) is 1.78. The number of phenols is 3. The van der Waals surface area contributed by atoms with Crippen molar-refractivity contribution in [2.75, 3.05) is 35.5 Å². The van der Waals surface area contributed by atoms with Crippen LogP contribution in [0.2, 0.25) is 42.1 Å². The number of hydrogen-bond donors (Lipinski definition) is 5. The lowest BCUT2D eigenvalue weighted by molar-refractivity contribution is -0.141. The second-order valence-corrected chi connectivity index (χ2v) is 39.8. The lowest BCUT2D eigenvalue weighted by Gasteiger charge is -2.37. The molecule has 0 radical (unpaired) electrons. The second-order valence-electron chi connectivity index (χ2n) is 28.6. The minimum Gasteiger partial charge on any atom is -0.543 e.